The highest BCUT2D eigenvalue weighted by molar-refractivity contribution is 7.15. The molecular weight excluding hydrogens is 440 g/mol. The van der Waals surface area contributed by atoms with Gasteiger partial charge in [-0.1, -0.05) is 42.0 Å². The number of nitrogens with zero attached hydrogens (tertiary/aromatic N) is 5. The number of aromatic hydroxyl groups is 1. The van der Waals surface area contributed by atoms with Crippen LogP contribution >= 0.6 is 11.3 Å². The van der Waals surface area contributed by atoms with Crippen LogP contribution in [0.2, 0.25) is 0 Å². The molecule has 3 heterocycles. The van der Waals surface area contributed by atoms with E-state index in [0.717, 1.165) is 33.1 Å². The Hall–Kier alpha value is -4.31. The summed E-state index contributed by atoms with van der Waals surface area (Å²) in [6.07, 6.45) is 0. The van der Waals surface area contributed by atoms with Crippen molar-refractivity contribution >= 4 is 28.2 Å². The molecule has 1 amide bonds. The van der Waals surface area contributed by atoms with Crippen molar-refractivity contribution in [2.45, 2.75) is 13.8 Å². The molecule has 0 unspecified atom stereocenters. The second-order valence-corrected chi connectivity index (χ2v) is 8.37. The molecule has 0 saturated carbocycles. The first-order valence-corrected chi connectivity index (χ1v) is 10.9. The van der Waals surface area contributed by atoms with Crippen molar-refractivity contribution in [3.05, 3.63) is 87.2 Å². The summed E-state index contributed by atoms with van der Waals surface area (Å²) in [7, 11) is 0. The van der Waals surface area contributed by atoms with Crippen LogP contribution in [-0.2, 0) is 0 Å². The lowest BCUT2D eigenvalue weighted by Gasteiger charge is -2.08. The summed E-state index contributed by atoms with van der Waals surface area (Å²) in [5.74, 6) is -1.19. The number of aryl methyl sites for hydroxylation is 2. The number of hydrogen-bond donors (Lipinski definition) is 2. The third-order valence-corrected chi connectivity index (χ3v) is 5.84. The minimum atomic E-state index is -0.732. The van der Waals surface area contributed by atoms with E-state index in [-0.39, 0.29) is 11.6 Å². The van der Waals surface area contributed by atoms with Gasteiger partial charge in [0.05, 0.1) is 11.4 Å². The Morgan fingerprint density at radius 1 is 1.03 bits per heavy atom. The highest BCUT2D eigenvalue weighted by Gasteiger charge is 2.20. The fraction of sp³-hybridized carbons (Fsp3) is 0.0870. The van der Waals surface area contributed by atoms with E-state index in [1.807, 2.05) is 49.6 Å². The second kappa shape index (κ2) is 7.99. The van der Waals surface area contributed by atoms with Gasteiger partial charge in [0, 0.05) is 17.0 Å². The van der Waals surface area contributed by atoms with Crippen molar-refractivity contribution in [3.63, 3.8) is 0 Å². The van der Waals surface area contributed by atoms with Crippen LogP contribution in [0.1, 0.15) is 21.6 Å². The van der Waals surface area contributed by atoms with Gasteiger partial charge in [0.25, 0.3) is 17.4 Å². The minimum Gasteiger partial charge on any atom is -0.505 e. The molecule has 0 aliphatic carbocycles. The summed E-state index contributed by atoms with van der Waals surface area (Å²) in [4.78, 5) is 30.1. The number of fused-ring (bicyclic) bond motifs is 1. The summed E-state index contributed by atoms with van der Waals surface area (Å²) >= 11 is 1.39. The number of hydrogen-bond acceptors (Lipinski definition) is 7. The molecule has 0 radical (unpaired) electrons. The standard InChI is InChI=1S/C23H18N6O3S/c1-13-6-8-15(9-7-13)17-12-33-23-25-22(27-29(17)23)24-21(32)20-18(30)11-19(31)28(26-20)16-5-3-4-14(2)10-16/h3-12,30H,1-2H3,(H,24,27,32). The van der Waals surface area contributed by atoms with Gasteiger partial charge in [0.1, 0.15) is 0 Å². The van der Waals surface area contributed by atoms with Gasteiger partial charge in [0.2, 0.25) is 4.96 Å². The van der Waals surface area contributed by atoms with E-state index in [1.54, 1.807) is 22.7 Å². The maximum absolute atomic E-state index is 12.9. The number of thiazole rings is 1. The predicted molar refractivity (Wildman–Crippen MR) is 125 cm³/mol. The molecule has 33 heavy (non-hydrogen) atoms. The molecule has 10 heteroatoms. The number of carbonyl (C=O) groups is 1. The largest absolute Gasteiger partial charge is 0.505 e. The van der Waals surface area contributed by atoms with Crippen molar-refractivity contribution < 1.29 is 9.90 Å². The van der Waals surface area contributed by atoms with E-state index in [0.29, 0.717) is 10.6 Å². The van der Waals surface area contributed by atoms with Crippen molar-refractivity contribution in [1.29, 1.82) is 0 Å². The summed E-state index contributed by atoms with van der Waals surface area (Å²) in [6, 6.07) is 16.1. The first-order valence-electron chi connectivity index (χ1n) is 10.0. The first kappa shape index (κ1) is 20.6. The molecule has 0 aliphatic rings. The van der Waals surface area contributed by atoms with Gasteiger partial charge in [0.15, 0.2) is 11.4 Å². The highest BCUT2D eigenvalue weighted by atomic mass is 32.1. The van der Waals surface area contributed by atoms with Crippen molar-refractivity contribution in [1.82, 2.24) is 24.4 Å². The van der Waals surface area contributed by atoms with Gasteiger partial charge in [-0.05, 0) is 31.5 Å². The Morgan fingerprint density at radius 3 is 2.58 bits per heavy atom. The molecular formula is C23H18N6O3S. The van der Waals surface area contributed by atoms with Crippen LogP contribution < -0.4 is 10.9 Å². The van der Waals surface area contributed by atoms with E-state index in [9.17, 15) is 14.7 Å². The predicted octanol–water partition coefficient (Wildman–Crippen LogP) is 3.58. The zero-order chi connectivity index (χ0) is 23.1. The monoisotopic (exact) mass is 458 g/mol. The zero-order valence-electron chi connectivity index (χ0n) is 17.7. The summed E-state index contributed by atoms with van der Waals surface area (Å²) < 4.78 is 2.71. The Labute approximate surface area is 191 Å². The number of aromatic nitrogens is 5. The molecule has 0 fully saturated rings. The Morgan fingerprint density at radius 2 is 1.82 bits per heavy atom. The number of amides is 1. The Kier molecular flexibility index (Phi) is 4.98. The lowest BCUT2D eigenvalue weighted by atomic mass is 10.1. The molecule has 0 bridgehead atoms. The van der Waals surface area contributed by atoms with E-state index in [2.05, 4.69) is 20.5 Å². The topological polar surface area (TPSA) is 114 Å². The fourth-order valence-electron chi connectivity index (χ4n) is 3.37. The smallest absolute Gasteiger partial charge is 0.282 e. The van der Waals surface area contributed by atoms with Crippen LogP contribution in [-0.4, -0.2) is 35.4 Å². The number of benzene rings is 2. The van der Waals surface area contributed by atoms with E-state index >= 15 is 0 Å². The molecule has 3 aromatic heterocycles. The average Bonchev–Trinajstić information content (AvgIpc) is 3.34. The molecule has 2 N–H and O–H groups in total. The minimum absolute atomic E-state index is 0.0646. The van der Waals surface area contributed by atoms with Crippen LogP contribution in [0.4, 0.5) is 5.95 Å². The van der Waals surface area contributed by atoms with Crippen molar-refractivity contribution in [2.75, 3.05) is 5.32 Å². The third kappa shape index (κ3) is 3.87. The van der Waals surface area contributed by atoms with Crippen LogP contribution in [0.15, 0.2) is 64.8 Å². The highest BCUT2D eigenvalue weighted by Crippen LogP contribution is 2.26. The lowest BCUT2D eigenvalue weighted by Crippen LogP contribution is -2.25. The second-order valence-electron chi connectivity index (χ2n) is 7.54. The maximum Gasteiger partial charge on any atom is 0.282 e. The van der Waals surface area contributed by atoms with Crippen LogP contribution in [0, 0.1) is 13.8 Å². The first-order chi connectivity index (χ1) is 15.9. The fourth-order valence-corrected chi connectivity index (χ4v) is 4.20. The molecule has 0 saturated heterocycles. The molecule has 0 atom stereocenters. The Bertz CT molecular complexity index is 1570. The molecule has 5 aromatic rings. The zero-order valence-corrected chi connectivity index (χ0v) is 18.5. The summed E-state index contributed by atoms with van der Waals surface area (Å²) in [6.45, 7) is 3.89. The molecule has 164 valence electrons. The van der Waals surface area contributed by atoms with Crippen LogP contribution in [0.25, 0.3) is 21.9 Å². The van der Waals surface area contributed by atoms with E-state index in [1.165, 1.54) is 11.3 Å². The number of carbonyl (C=O) groups excluding carboxylic acids is 1. The van der Waals surface area contributed by atoms with Crippen molar-refractivity contribution in [2.24, 2.45) is 0 Å². The van der Waals surface area contributed by atoms with Gasteiger partial charge in [-0.3, -0.25) is 14.9 Å². The number of rotatable bonds is 4. The van der Waals surface area contributed by atoms with Crippen LogP contribution in [0.3, 0.4) is 0 Å². The van der Waals surface area contributed by atoms with Gasteiger partial charge in [-0.2, -0.15) is 14.8 Å². The molecule has 0 spiro atoms. The molecule has 0 aliphatic heterocycles. The van der Waals surface area contributed by atoms with Crippen molar-refractivity contribution in [3.8, 4) is 22.7 Å². The van der Waals surface area contributed by atoms with Gasteiger partial charge < -0.3 is 5.11 Å². The number of anilines is 1. The summed E-state index contributed by atoms with van der Waals surface area (Å²) in [5.41, 5.74) is 3.50. The molecule has 9 nitrogen and oxygen atoms in total. The van der Waals surface area contributed by atoms with E-state index in [4.69, 9.17) is 0 Å². The molecule has 5 rings (SSSR count). The third-order valence-electron chi connectivity index (χ3n) is 5.03. The SMILES string of the molecule is Cc1ccc(-c2csc3nc(NC(=O)c4nn(-c5cccc(C)c5)c(=O)cc4O)nn23)cc1. The summed E-state index contributed by atoms with van der Waals surface area (Å²) in [5, 5.41) is 23.2. The number of nitrogens with one attached hydrogen (secondary N) is 1. The average molecular weight is 459 g/mol. The Balaban J connectivity index is 1.47. The quantitative estimate of drug-likeness (QED) is 0.425. The lowest BCUT2D eigenvalue weighted by molar-refractivity contribution is 0.101. The van der Waals surface area contributed by atoms with Gasteiger partial charge >= 0.3 is 0 Å². The van der Waals surface area contributed by atoms with Gasteiger partial charge in [-0.15, -0.1) is 16.4 Å². The normalized spacial score (nSPS) is 11.1. The van der Waals surface area contributed by atoms with Gasteiger partial charge in [-0.25, -0.2) is 4.52 Å². The van der Waals surface area contributed by atoms with E-state index < -0.39 is 17.2 Å². The van der Waals surface area contributed by atoms with Crippen LogP contribution in [0.5, 0.6) is 5.75 Å². The molecule has 2 aromatic carbocycles. The maximum atomic E-state index is 12.9.